The normalized spacial score (nSPS) is 11.2. The van der Waals surface area contributed by atoms with E-state index in [1.54, 1.807) is 24.3 Å². The number of aromatic carboxylic acids is 1. The Labute approximate surface area is 163 Å². The molecule has 3 aromatic carbocycles. The quantitative estimate of drug-likeness (QED) is 0.537. The molecule has 0 amide bonds. The molecule has 1 N–H and O–H groups in total. The summed E-state index contributed by atoms with van der Waals surface area (Å²) in [5.41, 5.74) is -0.409. The van der Waals surface area contributed by atoms with E-state index in [4.69, 9.17) is 9.84 Å². The van der Waals surface area contributed by atoms with Crippen LogP contribution in [0, 0.1) is 0 Å². The topological polar surface area (TPSA) is 46.5 Å². The van der Waals surface area contributed by atoms with Crippen molar-refractivity contribution in [3.63, 3.8) is 0 Å². The molecule has 144 valence electrons. The Morgan fingerprint density at radius 1 is 0.964 bits per heavy atom. The monoisotopic (exact) mass is 404 g/mol. The second-order valence-corrected chi connectivity index (χ2v) is 6.98. The number of benzene rings is 3. The lowest BCUT2D eigenvalue weighted by atomic mass is 10.1. The molecule has 3 nitrogen and oxygen atoms in total. The van der Waals surface area contributed by atoms with Gasteiger partial charge in [-0.1, -0.05) is 48.2 Å². The highest BCUT2D eigenvalue weighted by molar-refractivity contribution is 7.99. The van der Waals surface area contributed by atoms with Crippen LogP contribution in [0.1, 0.15) is 21.5 Å². The van der Waals surface area contributed by atoms with E-state index in [2.05, 4.69) is 0 Å². The van der Waals surface area contributed by atoms with Crippen molar-refractivity contribution in [1.29, 1.82) is 0 Å². The summed E-state index contributed by atoms with van der Waals surface area (Å²) in [5, 5.41) is 8.95. The predicted octanol–water partition coefficient (Wildman–Crippen LogP) is 6.13. The molecule has 0 atom stereocenters. The molecular weight excluding hydrogens is 389 g/mol. The SMILES string of the molecule is O=C(O)c1ccc(Sc2cccc(OCc3ccccc3)c2)c(C(F)(F)F)c1. The third-order valence-electron chi connectivity index (χ3n) is 3.81. The maximum Gasteiger partial charge on any atom is 0.417 e. The van der Waals surface area contributed by atoms with Gasteiger partial charge in [-0.25, -0.2) is 4.79 Å². The average Bonchev–Trinajstić information content (AvgIpc) is 2.67. The summed E-state index contributed by atoms with van der Waals surface area (Å²) in [5.74, 6) is -0.872. The third-order valence-corrected chi connectivity index (χ3v) is 4.88. The Hall–Kier alpha value is -2.93. The van der Waals surface area contributed by atoms with Gasteiger partial charge < -0.3 is 9.84 Å². The van der Waals surface area contributed by atoms with E-state index in [9.17, 15) is 18.0 Å². The number of hydrogen-bond donors (Lipinski definition) is 1. The van der Waals surface area contributed by atoms with Crippen LogP contribution in [0.15, 0.2) is 82.6 Å². The second kappa shape index (κ2) is 8.39. The van der Waals surface area contributed by atoms with Crippen molar-refractivity contribution in [1.82, 2.24) is 0 Å². The number of rotatable bonds is 6. The van der Waals surface area contributed by atoms with Crippen molar-refractivity contribution in [3.05, 3.63) is 89.5 Å². The predicted molar refractivity (Wildman–Crippen MR) is 99.7 cm³/mol. The molecule has 0 spiro atoms. The lowest BCUT2D eigenvalue weighted by molar-refractivity contribution is -0.139. The molecule has 0 unspecified atom stereocenters. The zero-order valence-corrected chi connectivity index (χ0v) is 15.3. The highest BCUT2D eigenvalue weighted by atomic mass is 32.2. The van der Waals surface area contributed by atoms with Gasteiger partial charge in [-0.3, -0.25) is 0 Å². The van der Waals surface area contributed by atoms with Crippen LogP contribution in [-0.2, 0) is 12.8 Å². The molecule has 0 aliphatic carbocycles. The van der Waals surface area contributed by atoms with Gasteiger partial charge in [-0.2, -0.15) is 13.2 Å². The number of carboxylic acid groups (broad SMARTS) is 1. The van der Waals surface area contributed by atoms with Gasteiger partial charge in [-0.15, -0.1) is 0 Å². The Balaban J connectivity index is 1.81. The molecule has 28 heavy (non-hydrogen) atoms. The smallest absolute Gasteiger partial charge is 0.417 e. The third kappa shape index (κ3) is 5.07. The van der Waals surface area contributed by atoms with Crippen LogP contribution >= 0.6 is 11.8 Å². The molecule has 3 rings (SSSR count). The summed E-state index contributed by atoms with van der Waals surface area (Å²) < 4.78 is 45.8. The first-order valence-corrected chi connectivity index (χ1v) is 9.04. The van der Waals surface area contributed by atoms with Crippen molar-refractivity contribution in [2.75, 3.05) is 0 Å². The first-order valence-electron chi connectivity index (χ1n) is 8.22. The summed E-state index contributed by atoms with van der Waals surface area (Å²) in [6.45, 7) is 0.343. The minimum absolute atomic E-state index is 0.0716. The van der Waals surface area contributed by atoms with E-state index >= 15 is 0 Å². The fraction of sp³-hybridized carbons (Fsp3) is 0.0952. The highest BCUT2D eigenvalue weighted by Crippen LogP contribution is 2.40. The minimum atomic E-state index is -4.66. The molecule has 0 saturated heterocycles. The summed E-state index contributed by atoms with van der Waals surface area (Å²) >= 11 is 0.904. The van der Waals surface area contributed by atoms with E-state index in [1.165, 1.54) is 6.07 Å². The van der Waals surface area contributed by atoms with Crippen LogP contribution in [-0.4, -0.2) is 11.1 Å². The molecule has 0 aromatic heterocycles. The summed E-state index contributed by atoms with van der Waals surface area (Å²) in [6, 6.07) is 19.3. The zero-order valence-electron chi connectivity index (χ0n) is 14.4. The molecule has 0 radical (unpaired) electrons. The Morgan fingerprint density at radius 2 is 1.71 bits per heavy atom. The second-order valence-electron chi connectivity index (χ2n) is 5.87. The molecule has 0 bridgehead atoms. The number of alkyl halides is 3. The van der Waals surface area contributed by atoms with Gasteiger partial charge >= 0.3 is 12.1 Å². The van der Waals surface area contributed by atoms with E-state index in [-0.39, 0.29) is 4.90 Å². The number of carbonyl (C=O) groups is 1. The first-order chi connectivity index (χ1) is 13.3. The summed E-state index contributed by atoms with van der Waals surface area (Å²) in [6.07, 6.45) is -4.66. The zero-order chi connectivity index (χ0) is 20.1. The molecule has 7 heteroatoms. The maximum absolute atomic E-state index is 13.4. The largest absolute Gasteiger partial charge is 0.489 e. The van der Waals surface area contributed by atoms with Crippen molar-refractivity contribution >= 4 is 17.7 Å². The molecule has 3 aromatic rings. The first kappa shape index (κ1) is 19.8. The average molecular weight is 404 g/mol. The van der Waals surface area contributed by atoms with E-state index in [1.807, 2.05) is 30.3 Å². The van der Waals surface area contributed by atoms with Crippen LogP contribution in [0.25, 0.3) is 0 Å². The molecule has 0 heterocycles. The summed E-state index contributed by atoms with van der Waals surface area (Å²) in [4.78, 5) is 11.5. The minimum Gasteiger partial charge on any atom is -0.489 e. The van der Waals surface area contributed by atoms with E-state index in [0.717, 1.165) is 23.4 Å². The van der Waals surface area contributed by atoms with Crippen molar-refractivity contribution < 1.29 is 27.8 Å². The molecule has 0 saturated carbocycles. The van der Waals surface area contributed by atoms with Crippen molar-refractivity contribution in [2.45, 2.75) is 22.6 Å². The Morgan fingerprint density at radius 3 is 2.39 bits per heavy atom. The van der Waals surface area contributed by atoms with Gasteiger partial charge in [0.25, 0.3) is 0 Å². The van der Waals surface area contributed by atoms with Crippen LogP contribution < -0.4 is 4.74 Å². The van der Waals surface area contributed by atoms with Crippen LogP contribution in [0.3, 0.4) is 0 Å². The van der Waals surface area contributed by atoms with Gasteiger partial charge in [0.2, 0.25) is 0 Å². The summed E-state index contributed by atoms with van der Waals surface area (Å²) in [7, 11) is 0. The van der Waals surface area contributed by atoms with Crippen molar-refractivity contribution in [2.24, 2.45) is 0 Å². The van der Waals surface area contributed by atoms with Gasteiger partial charge in [0.15, 0.2) is 0 Å². The highest BCUT2D eigenvalue weighted by Gasteiger charge is 2.34. The molecular formula is C21H15F3O3S. The van der Waals surface area contributed by atoms with Crippen LogP contribution in [0.5, 0.6) is 5.75 Å². The Bertz CT molecular complexity index is 972. The molecule has 0 aliphatic rings. The molecule has 0 aliphatic heterocycles. The fourth-order valence-electron chi connectivity index (χ4n) is 2.47. The fourth-order valence-corrected chi connectivity index (χ4v) is 3.47. The van der Waals surface area contributed by atoms with Crippen molar-refractivity contribution in [3.8, 4) is 5.75 Å². The van der Waals surface area contributed by atoms with Gasteiger partial charge in [0.05, 0.1) is 11.1 Å². The standard InChI is InChI=1S/C21H15F3O3S/c22-21(23,24)18-11-15(20(25)26)9-10-19(18)28-17-8-4-7-16(12-17)27-13-14-5-2-1-3-6-14/h1-12H,13H2,(H,25,26). The number of halogens is 3. The van der Waals surface area contributed by atoms with Gasteiger partial charge in [0.1, 0.15) is 12.4 Å². The van der Waals surface area contributed by atoms with Crippen LogP contribution in [0.4, 0.5) is 13.2 Å². The van der Waals surface area contributed by atoms with Crippen LogP contribution in [0.2, 0.25) is 0 Å². The number of carboxylic acids is 1. The lowest BCUT2D eigenvalue weighted by Crippen LogP contribution is -2.09. The number of ether oxygens (including phenoxy) is 1. The molecule has 0 fully saturated rings. The maximum atomic E-state index is 13.4. The Kier molecular flexibility index (Phi) is 5.94. The number of hydrogen-bond acceptors (Lipinski definition) is 3. The van der Waals surface area contributed by atoms with Gasteiger partial charge in [0, 0.05) is 9.79 Å². The lowest BCUT2D eigenvalue weighted by Gasteiger charge is -2.14. The van der Waals surface area contributed by atoms with Gasteiger partial charge in [-0.05, 0) is 42.0 Å². The van der Waals surface area contributed by atoms with E-state index in [0.29, 0.717) is 23.3 Å². The van der Waals surface area contributed by atoms with E-state index < -0.39 is 23.3 Å².